The maximum Gasteiger partial charge on any atom is 0.329 e. The number of nitrogens with one attached hydrogen (secondary N) is 2. The SMILES string of the molecule is CN(C)CC(C)(O)CNc1c(N)n(C)c(=O)[nH]c1=O. The zero-order chi connectivity index (χ0) is 14.8. The highest BCUT2D eigenvalue weighted by molar-refractivity contribution is 5.60. The Bertz CT molecular complexity index is 558. The summed E-state index contributed by atoms with van der Waals surface area (Å²) in [6, 6.07) is 0. The molecule has 5 N–H and O–H groups in total. The number of nitrogens with two attached hydrogens (primary N) is 1. The number of hydrogen-bond acceptors (Lipinski definition) is 6. The molecule has 0 saturated carbocycles. The van der Waals surface area contributed by atoms with Crippen LogP contribution in [0.3, 0.4) is 0 Å². The lowest BCUT2D eigenvalue weighted by Gasteiger charge is -2.27. The molecule has 1 rings (SSSR count). The molecule has 1 heterocycles. The zero-order valence-electron chi connectivity index (χ0n) is 11.6. The topological polar surface area (TPSA) is 116 Å². The maximum atomic E-state index is 11.6. The van der Waals surface area contributed by atoms with E-state index >= 15 is 0 Å². The van der Waals surface area contributed by atoms with Gasteiger partial charge in [0, 0.05) is 20.1 Å². The van der Waals surface area contributed by atoms with Crippen LogP contribution in [0.5, 0.6) is 0 Å². The average Bonchev–Trinajstić information content (AvgIpc) is 2.24. The summed E-state index contributed by atoms with van der Waals surface area (Å²) in [5.74, 6) is 0.0365. The second kappa shape index (κ2) is 5.45. The van der Waals surface area contributed by atoms with Crippen LogP contribution in [0.1, 0.15) is 6.92 Å². The largest absolute Gasteiger partial charge is 0.387 e. The van der Waals surface area contributed by atoms with Crippen molar-refractivity contribution in [3.8, 4) is 0 Å². The predicted molar refractivity (Wildman–Crippen MR) is 74.4 cm³/mol. The number of aliphatic hydroxyl groups is 1. The Morgan fingerprint density at radius 1 is 1.47 bits per heavy atom. The standard InChI is InChI=1S/C11H21N5O3/c1-11(19,6-15(2)3)5-13-7-8(12)16(4)10(18)14-9(7)17/h13,19H,5-6,12H2,1-4H3,(H,14,17,18). The number of nitrogens with zero attached hydrogens (tertiary/aromatic N) is 2. The molecule has 0 aromatic carbocycles. The number of H-pyrrole nitrogens is 1. The molecule has 0 spiro atoms. The summed E-state index contributed by atoms with van der Waals surface area (Å²) in [5.41, 5.74) is 3.59. The highest BCUT2D eigenvalue weighted by atomic mass is 16.3. The van der Waals surface area contributed by atoms with Crippen molar-refractivity contribution in [3.63, 3.8) is 0 Å². The first-order chi connectivity index (χ1) is 8.64. The van der Waals surface area contributed by atoms with Crippen molar-refractivity contribution in [2.24, 2.45) is 7.05 Å². The molecule has 0 amide bonds. The van der Waals surface area contributed by atoms with Gasteiger partial charge in [-0.2, -0.15) is 0 Å². The van der Waals surface area contributed by atoms with E-state index in [0.29, 0.717) is 6.54 Å². The molecule has 0 radical (unpaired) electrons. The zero-order valence-corrected chi connectivity index (χ0v) is 11.6. The van der Waals surface area contributed by atoms with Crippen molar-refractivity contribution in [2.75, 3.05) is 38.2 Å². The summed E-state index contributed by atoms with van der Waals surface area (Å²) in [4.78, 5) is 26.9. The molecule has 1 aromatic heterocycles. The van der Waals surface area contributed by atoms with E-state index in [0.717, 1.165) is 4.57 Å². The number of hydrogen-bond donors (Lipinski definition) is 4. The molecule has 1 atom stereocenters. The lowest BCUT2D eigenvalue weighted by molar-refractivity contribution is 0.0459. The molecular formula is C11H21N5O3. The van der Waals surface area contributed by atoms with Crippen molar-refractivity contribution in [2.45, 2.75) is 12.5 Å². The highest BCUT2D eigenvalue weighted by Gasteiger charge is 2.22. The normalized spacial score (nSPS) is 14.4. The van der Waals surface area contributed by atoms with E-state index < -0.39 is 16.9 Å². The van der Waals surface area contributed by atoms with Crippen molar-refractivity contribution in [3.05, 3.63) is 20.8 Å². The van der Waals surface area contributed by atoms with E-state index in [1.54, 1.807) is 6.92 Å². The second-order valence-corrected chi connectivity index (χ2v) is 5.17. The van der Waals surface area contributed by atoms with Crippen LogP contribution in [0.25, 0.3) is 0 Å². The van der Waals surface area contributed by atoms with Crippen molar-refractivity contribution >= 4 is 11.5 Å². The van der Waals surface area contributed by atoms with E-state index in [1.807, 2.05) is 19.0 Å². The van der Waals surface area contributed by atoms with E-state index in [9.17, 15) is 14.7 Å². The Balaban J connectivity index is 2.93. The molecule has 0 aliphatic heterocycles. The van der Waals surface area contributed by atoms with Crippen molar-refractivity contribution in [1.82, 2.24) is 14.5 Å². The third-order valence-electron chi connectivity index (χ3n) is 2.67. The number of aromatic amines is 1. The highest BCUT2D eigenvalue weighted by Crippen LogP contribution is 2.11. The van der Waals surface area contributed by atoms with Gasteiger partial charge in [0.25, 0.3) is 5.56 Å². The van der Waals surface area contributed by atoms with Crippen LogP contribution >= 0.6 is 0 Å². The predicted octanol–water partition coefficient (Wildman–Crippen LogP) is -1.62. The number of likely N-dealkylation sites (N-methyl/N-ethyl adjacent to an activating group) is 1. The number of aromatic nitrogens is 2. The molecule has 0 saturated heterocycles. The van der Waals surface area contributed by atoms with E-state index in [2.05, 4.69) is 10.3 Å². The van der Waals surface area contributed by atoms with Gasteiger partial charge in [0.15, 0.2) is 0 Å². The van der Waals surface area contributed by atoms with Crippen LogP contribution in [-0.2, 0) is 7.05 Å². The Morgan fingerprint density at radius 2 is 2.05 bits per heavy atom. The second-order valence-electron chi connectivity index (χ2n) is 5.17. The maximum absolute atomic E-state index is 11.6. The van der Waals surface area contributed by atoms with Crippen LogP contribution < -0.4 is 22.3 Å². The molecule has 0 aliphatic carbocycles. The van der Waals surface area contributed by atoms with Gasteiger partial charge in [0.2, 0.25) is 0 Å². The molecule has 1 aromatic rings. The summed E-state index contributed by atoms with van der Waals surface area (Å²) < 4.78 is 1.13. The first kappa shape index (κ1) is 15.3. The quantitative estimate of drug-likeness (QED) is 0.511. The molecule has 0 fully saturated rings. The van der Waals surface area contributed by atoms with Gasteiger partial charge < -0.3 is 21.1 Å². The van der Waals surface area contributed by atoms with Gasteiger partial charge in [-0.1, -0.05) is 0 Å². The minimum Gasteiger partial charge on any atom is -0.387 e. The number of nitrogen functional groups attached to an aromatic ring is 1. The van der Waals surface area contributed by atoms with Crippen LogP contribution in [0.2, 0.25) is 0 Å². The monoisotopic (exact) mass is 271 g/mol. The number of rotatable bonds is 5. The summed E-state index contributed by atoms with van der Waals surface area (Å²) in [6.45, 7) is 2.20. The Morgan fingerprint density at radius 3 is 2.58 bits per heavy atom. The Labute approximate surface area is 110 Å². The summed E-state index contributed by atoms with van der Waals surface area (Å²) in [7, 11) is 5.13. The van der Waals surface area contributed by atoms with Gasteiger partial charge in [-0.3, -0.25) is 14.3 Å². The molecule has 8 nitrogen and oxygen atoms in total. The lowest BCUT2D eigenvalue weighted by Crippen LogP contribution is -2.44. The third kappa shape index (κ3) is 3.83. The lowest BCUT2D eigenvalue weighted by atomic mass is 10.1. The minimum atomic E-state index is -1.03. The summed E-state index contributed by atoms with van der Waals surface area (Å²) in [6.07, 6.45) is 0. The minimum absolute atomic E-state index is 0.0365. The first-order valence-electron chi connectivity index (χ1n) is 5.84. The summed E-state index contributed by atoms with van der Waals surface area (Å²) >= 11 is 0. The fourth-order valence-electron chi connectivity index (χ4n) is 1.82. The first-order valence-corrected chi connectivity index (χ1v) is 5.84. The third-order valence-corrected chi connectivity index (χ3v) is 2.67. The van der Waals surface area contributed by atoms with Gasteiger partial charge >= 0.3 is 5.69 Å². The van der Waals surface area contributed by atoms with Crippen LogP contribution in [-0.4, -0.2) is 52.3 Å². The van der Waals surface area contributed by atoms with E-state index in [4.69, 9.17) is 5.73 Å². The molecule has 1 unspecified atom stereocenters. The molecular weight excluding hydrogens is 250 g/mol. The average molecular weight is 271 g/mol. The van der Waals surface area contributed by atoms with Gasteiger partial charge in [0.05, 0.1) is 5.60 Å². The fourth-order valence-corrected chi connectivity index (χ4v) is 1.82. The Hall–Kier alpha value is -1.80. The molecule has 108 valence electrons. The van der Waals surface area contributed by atoms with Gasteiger partial charge in [-0.15, -0.1) is 0 Å². The number of anilines is 2. The van der Waals surface area contributed by atoms with Gasteiger partial charge in [-0.25, -0.2) is 4.79 Å². The van der Waals surface area contributed by atoms with E-state index in [1.165, 1.54) is 7.05 Å². The van der Waals surface area contributed by atoms with Crippen molar-refractivity contribution < 1.29 is 5.11 Å². The van der Waals surface area contributed by atoms with E-state index in [-0.39, 0.29) is 18.1 Å². The molecule has 19 heavy (non-hydrogen) atoms. The van der Waals surface area contributed by atoms with Crippen LogP contribution in [0.4, 0.5) is 11.5 Å². The van der Waals surface area contributed by atoms with Crippen molar-refractivity contribution in [1.29, 1.82) is 0 Å². The molecule has 0 bridgehead atoms. The fraction of sp³-hybridized carbons (Fsp3) is 0.636. The molecule has 0 aliphatic rings. The van der Waals surface area contributed by atoms with Crippen LogP contribution in [0.15, 0.2) is 9.59 Å². The summed E-state index contributed by atoms with van der Waals surface area (Å²) in [5, 5.41) is 12.9. The van der Waals surface area contributed by atoms with Gasteiger partial charge in [0.1, 0.15) is 11.5 Å². The van der Waals surface area contributed by atoms with Gasteiger partial charge in [-0.05, 0) is 21.0 Å². The van der Waals surface area contributed by atoms with Crippen LogP contribution in [0, 0.1) is 0 Å². The Kier molecular flexibility index (Phi) is 4.38. The molecule has 8 heteroatoms. The smallest absolute Gasteiger partial charge is 0.329 e.